The van der Waals surface area contributed by atoms with Crippen LogP contribution in [0.3, 0.4) is 0 Å². The van der Waals surface area contributed by atoms with Crippen LogP contribution in [0.25, 0.3) is 0 Å². The van der Waals surface area contributed by atoms with Gasteiger partial charge < -0.3 is 15.3 Å². The molecule has 0 bridgehead atoms. The number of nitrogens with zero attached hydrogens (tertiary/aromatic N) is 1. The Labute approximate surface area is 166 Å². The third kappa shape index (κ3) is 2.86. The van der Waals surface area contributed by atoms with Gasteiger partial charge in [0.1, 0.15) is 5.67 Å². The Balaban J connectivity index is 1.38. The molecule has 156 valence electrons. The number of halogens is 3. The van der Waals surface area contributed by atoms with Crippen molar-refractivity contribution in [1.29, 1.82) is 0 Å². The maximum Gasteiger partial charge on any atom is 0.260 e. The summed E-state index contributed by atoms with van der Waals surface area (Å²) in [4.78, 5) is 26.4. The summed E-state index contributed by atoms with van der Waals surface area (Å²) < 4.78 is 43.3. The van der Waals surface area contributed by atoms with E-state index in [0.717, 1.165) is 4.90 Å². The molecule has 0 aromatic heterocycles. The molecule has 4 aliphatic rings. The second-order valence-electron chi connectivity index (χ2n) is 9.52. The van der Waals surface area contributed by atoms with Gasteiger partial charge in [-0.3, -0.25) is 9.59 Å². The molecule has 2 amide bonds. The van der Waals surface area contributed by atoms with E-state index in [-0.39, 0.29) is 30.3 Å². The van der Waals surface area contributed by atoms with Crippen LogP contribution in [-0.2, 0) is 15.9 Å². The number of hydrogen-bond acceptors (Lipinski definition) is 3. The first-order valence-electron chi connectivity index (χ1n) is 9.98. The van der Waals surface area contributed by atoms with Crippen LogP contribution in [0, 0.1) is 0 Å². The fraction of sp³-hybridized carbons (Fsp3) is 0.619. The molecule has 0 unspecified atom stereocenters. The van der Waals surface area contributed by atoms with E-state index in [9.17, 15) is 27.9 Å². The van der Waals surface area contributed by atoms with Crippen LogP contribution in [0.5, 0.6) is 0 Å². The molecule has 8 heteroatoms. The van der Waals surface area contributed by atoms with Crippen molar-refractivity contribution in [3.05, 3.63) is 34.9 Å². The van der Waals surface area contributed by atoms with Gasteiger partial charge in [-0.25, -0.2) is 13.2 Å². The van der Waals surface area contributed by atoms with Gasteiger partial charge in [0.25, 0.3) is 11.8 Å². The third-order valence-electron chi connectivity index (χ3n) is 6.89. The van der Waals surface area contributed by atoms with E-state index in [1.165, 1.54) is 18.2 Å². The molecule has 1 atom stereocenters. The second kappa shape index (κ2) is 5.53. The zero-order valence-corrected chi connectivity index (χ0v) is 16.1. The quantitative estimate of drug-likeness (QED) is 0.804. The normalized spacial score (nSPS) is 35.7. The Bertz CT molecular complexity index is 920. The first-order chi connectivity index (χ1) is 13.4. The van der Waals surface area contributed by atoms with Crippen molar-refractivity contribution >= 4 is 11.8 Å². The number of rotatable bonds is 4. The van der Waals surface area contributed by atoms with Crippen molar-refractivity contribution < 1.29 is 27.9 Å². The van der Waals surface area contributed by atoms with Crippen LogP contribution >= 0.6 is 0 Å². The van der Waals surface area contributed by atoms with Crippen LogP contribution in [-0.4, -0.2) is 52.5 Å². The summed E-state index contributed by atoms with van der Waals surface area (Å²) in [6, 6.07) is 4.19. The lowest BCUT2D eigenvalue weighted by Gasteiger charge is -2.41. The number of aliphatic hydroxyl groups is 1. The van der Waals surface area contributed by atoms with Gasteiger partial charge in [-0.1, -0.05) is 12.1 Å². The average molecular weight is 408 g/mol. The van der Waals surface area contributed by atoms with E-state index >= 15 is 0 Å². The predicted molar refractivity (Wildman–Crippen MR) is 97.4 cm³/mol. The molecule has 1 spiro atoms. The van der Waals surface area contributed by atoms with Gasteiger partial charge in [0.05, 0.1) is 17.6 Å². The zero-order chi connectivity index (χ0) is 20.8. The van der Waals surface area contributed by atoms with Crippen molar-refractivity contribution in [2.45, 2.75) is 67.7 Å². The number of benzene rings is 1. The van der Waals surface area contributed by atoms with Crippen molar-refractivity contribution in [2.24, 2.45) is 0 Å². The van der Waals surface area contributed by atoms with Gasteiger partial charge in [-0.05, 0) is 49.8 Å². The minimum atomic E-state index is -2.99. The monoisotopic (exact) mass is 408 g/mol. The molecule has 5 rings (SSSR count). The summed E-state index contributed by atoms with van der Waals surface area (Å²) in [6.07, 6.45) is 1.16. The summed E-state index contributed by atoms with van der Waals surface area (Å²) in [6.45, 7) is 1.10. The van der Waals surface area contributed by atoms with Crippen LogP contribution in [0.4, 0.5) is 13.2 Å². The minimum Gasteiger partial charge on any atom is -0.390 e. The molecule has 29 heavy (non-hydrogen) atoms. The molecule has 1 heterocycles. The highest BCUT2D eigenvalue weighted by Gasteiger charge is 2.74. The number of nitrogens with one attached hydrogen (secondary N) is 1. The number of fused-ring (bicyclic) bond motifs is 2. The molecular weight excluding hydrogens is 385 g/mol. The average Bonchev–Trinajstić information content (AvgIpc) is 3.47. The molecule has 1 aliphatic heterocycles. The molecule has 3 aliphatic carbocycles. The van der Waals surface area contributed by atoms with Crippen molar-refractivity contribution in [2.75, 3.05) is 13.1 Å². The molecule has 3 fully saturated rings. The molecule has 2 N–H and O–H groups in total. The number of alkyl halides is 3. The van der Waals surface area contributed by atoms with E-state index in [1.54, 1.807) is 6.92 Å². The van der Waals surface area contributed by atoms with E-state index in [2.05, 4.69) is 5.32 Å². The Morgan fingerprint density at radius 3 is 2.48 bits per heavy atom. The lowest BCUT2D eigenvalue weighted by molar-refractivity contribution is -0.125. The topological polar surface area (TPSA) is 69.6 Å². The molecule has 0 saturated heterocycles. The van der Waals surface area contributed by atoms with Crippen LogP contribution in [0.1, 0.15) is 60.5 Å². The lowest BCUT2D eigenvalue weighted by atomic mass is 9.77. The van der Waals surface area contributed by atoms with Crippen molar-refractivity contribution in [3.8, 4) is 0 Å². The van der Waals surface area contributed by atoms with Gasteiger partial charge in [0.15, 0.2) is 0 Å². The molecule has 0 radical (unpaired) electrons. The molecule has 1 aromatic carbocycles. The Morgan fingerprint density at radius 1 is 1.28 bits per heavy atom. The van der Waals surface area contributed by atoms with E-state index in [0.29, 0.717) is 31.2 Å². The van der Waals surface area contributed by atoms with Crippen molar-refractivity contribution in [1.82, 2.24) is 10.2 Å². The van der Waals surface area contributed by atoms with Gasteiger partial charge in [-0.2, -0.15) is 0 Å². The Morgan fingerprint density at radius 2 is 1.93 bits per heavy atom. The van der Waals surface area contributed by atoms with E-state index in [4.69, 9.17) is 0 Å². The number of amides is 2. The summed E-state index contributed by atoms with van der Waals surface area (Å²) in [5, 5.41) is 12.5. The van der Waals surface area contributed by atoms with Crippen LogP contribution in [0.15, 0.2) is 18.2 Å². The molecule has 1 aromatic rings. The van der Waals surface area contributed by atoms with Gasteiger partial charge in [0.2, 0.25) is 5.91 Å². The first-order valence-corrected chi connectivity index (χ1v) is 9.98. The highest BCUT2D eigenvalue weighted by atomic mass is 19.3. The summed E-state index contributed by atoms with van der Waals surface area (Å²) >= 11 is 0. The summed E-state index contributed by atoms with van der Waals surface area (Å²) in [5.74, 6) is -3.91. The predicted octanol–water partition coefficient (Wildman–Crippen LogP) is 2.41. The minimum absolute atomic E-state index is 0.126. The van der Waals surface area contributed by atoms with Crippen molar-refractivity contribution in [3.63, 3.8) is 0 Å². The maximum atomic E-state index is 14.5. The largest absolute Gasteiger partial charge is 0.390 e. The number of hydrogen-bond donors (Lipinski definition) is 2. The lowest BCUT2D eigenvalue weighted by Crippen LogP contribution is -2.56. The van der Waals surface area contributed by atoms with E-state index in [1.807, 2.05) is 0 Å². The fourth-order valence-electron chi connectivity index (χ4n) is 4.93. The molecule has 5 nitrogen and oxygen atoms in total. The highest BCUT2D eigenvalue weighted by molar-refractivity contribution is 6.00. The van der Waals surface area contributed by atoms with Gasteiger partial charge in [-0.15, -0.1) is 0 Å². The third-order valence-corrected chi connectivity index (χ3v) is 6.89. The smallest absolute Gasteiger partial charge is 0.260 e. The number of carbonyl (C=O) groups excluding carboxylic acids is 2. The van der Waals surface area contributed by atoms with Gasteiger partial charge in [0, 0.05) is 24.6 Å². The van der Waals surface area contributed by atoms with Gasteiger partial charge >= 0.3 is 0 Å². The molecular formula is C21H23F3N2O3. The maximum absolute atomic E-state index is 14.5. The zero-order valence-electron chi connectivity index (χ0n) is 16.1. The van der Waals surface area contributed by atoms with Crippen LogP contribution in [0.2, 0.25) is 0 Å². The fourth-order valence-corrected chi connectivity index (χ4v) is 4.93. The second-order valence-corrected chi connectivity index (χ2v) is 9.52. The standard InChI is InChI=1S/C21H23F3N2O3/c1-18(29)7-13(8-18)25-16(27)9-26-11-19(10-21(19,23)24)15-6-12(20(22)4-5-20)2-3-14(15)17(26)28/h2-3,6,13,29H,4-5,7-11H2,1H3,(H,25,27)/t13?,18?,19-/m0/s1. The Kier molecular flexibility index (Phi) is 3.61. The Hall–Kier alpha value is -2.09. The van der Waals surface area contributed by atoms with E-state index < -0.39 is 40.8 Å². The number of carbonyl (C=O) groups is 2. The summed E-state index contributed by atoms with van der Waals surface area (Å²) in [7, 11) is 0. The highest BCUT2D eigenvalue weighted by Crippen LogP contribution is 2.64. The SMILES string of the molecule is CC1(O)CC(NC(=O)CN2C[C@@]3(CC3(F)F)c3cc(C4(F)CC4)ccc3C2=O)C1. The summed E-state index contributed by atoms with van der Waals surface area (Å²) in [5.41, 5.74) is -3.12. The van der Waals surface area contributed by atoms with Crippen LogP contribution < -0.4 is 5.32 Å². The first kappa shape index (κ1) is 18.9. The molecule has 3 saturated carbocycles.